The smallest absolute Gasteiger partial charge is 0.324 e. The molecule has 1 saturated heterocycles. The van der Waals surface area contributed by atoms with Gasteiger partial charge in [0.05, 0.1) is 12.7 Å². The van der Waals surface area contributed by atoms with Crippen LogP contribution in [-0.2, 0) is 16.0 Å². The minimum absolute atomic E-state index is 0.00155. The molecule has 4 nitrogen and oxygen atoms in total. The van der Waals surface area contributed by atoms with Crippen LogP contribution in [0.3, 0.4) is 0 Å². The Morgan fingerprint density at radius 3 is 3.05 bits per heavy atom. The van der Waals surface area contributed by atoms with Gasteiger partial charge in [0.25, 0.3) is 0 Å². The van der Waals surface area contributed by atoms with Crippen LogP contribution < -0.4 is 0 Å². The van der Waals surface area contributed by atoms with Gasteiger partial charge in [-0.15, -0.1) is 0 Å². The highest BCUT2D eigenvalue weighted by atomic mass is 16.5. The first kappa shape index (κ1) is 14.5. The Hall–Kier alpha value is -1.39. The van der Waals surface area contributed by atoms with E-state index >= 15 is 0 Å². The van der Waals surface area contributed by atoms with E-state index in [4.69, 9.17) is 4.74 Å². The van der Waals surface area contributed by atoms with E-state index in [2.05, 4.69) is 23.1 Å². The second-order valence-corrected chi connectivity index (χ2v) is 6.05. The van der Waals surface area contributed by atoms with Gasteiger partial charge in [-0.2, -0.15) is 0 Å². The van der Waals surface area contributed by atoms with Gasteiger partial charge in [0.15, 0.2) is 0 Å². The van der Waals surface area contributed by atoms with Crippen molar-refractivity contribution in [2.75, 3.05) is 19.7 Å². The average Bonchev–Trinajstić information content (AvgIpc) is 2.92. The number of nitrogens with zero attached hydrogens (tertiary/aromatic N) is 1. The molecule has 0 saturated carbocycles. The Bertz CT molecular complexity index is 531. The summed E-state index contributed by atoms with van der Waals surface area (Å²) in [7, 11) is 0. The summed E-state index contributed by atoms with van der Waals surface area (Å²) in [5, 5.41) is 9.68. The molecular weight excluding hydrogens is 266 g/mol. The summed E-state index contributed by atoms with van der Waals surface area (Å²) in [5.74, 6) is -0.688. The standard InChI is InChI=1S/C17H23NO3/c1-2-17(16(19)20)9-5-10-18(17)12-15-14-7-4-3-6-13(14)8-11-21-15/h3-4,6-7,15H,2,5,8-12H2,1H3,(H,19,20). The summed E-state index contributed by atoms with van der Waals surface area (Å²) in [6.07, 6.45) is 3.29. The average molecular weight is 289 g/mol. The van der Waals surface area contributed by atoms with E-state index in [0.29, 0.717) is 13.0 Å². The molecule has 0 amide bonds. The number of likely N-dealkylation sites (tertiary alicyclic amines) is 1. The fraction of sp³-hybridized carbons (Fsp3) is 0.588. The van der Waals surface area contributed by atoms with Crippen LogP contribution in [0.1, 0.15) is 43.4 Å². The molecular formula is C17H23NO3. The van der Waals surface area contributed by atoms with Gasteiger partial charge in [0.1, 0.15) is 5.54 Å². The molecule has 2 atom stereocenters. The van der Waals surface area contributed by atoms with E-state index in [0.717, 1.165) is 32.4 Å². The summed E-state index contributed by atoms with van der Waals surface area (Å²) in [6.45, 7) is 4.23. The SMILES string of the molecule is CCC1(C(=O)O)CCCN1CC1OCCc2ccccc21. The molecule has 1 aromatic rings. The van der Waals surface area contributed by atoms with Crippen molar-refractivity contribution in [2.24, 2.45) is 0 Å². The third-order valence-corrected chi connectivity index (χ3v) is 5.09. The van der Waals surface area contributed by atoms with E-state index in [9.17, 15) is 9.90 Å². The Balaban J connectivity index is 1.82. The Kier molecular flexibility index (Phi) is 4.00. The lowest BCUT2D eigenvalue weighted by molar-refractivity contribution is -0.151. The molecule has 3 rings (SSSR count). The van der Waals surface area contributed by atoms with Crippen molar-refractivity contribution in [3.05, 3.63) is 35.4 Å². The summed E-state index contributed by atoms with van der Waals surface area (Å²) in [6, 6.07) is 8.36. The number of aliphatic carboxylic acids is 1. The van der Waals surface area contributed by atoms with Crippen molar-refractivity contribution in [3.8, 4) is 0 Å². The fourth-order valence-electron chi connectivity index (χ4n) is 3.82. The van der Waals surface area contributed by atoms with Crippen LogP contribution >= 0.6 is 0 Å². The molecule has 0 aromatic heterocycles. The molecule has 2 unspecified atom stereocenters. The lowest BCUT2D eigenvalue weighted by atomic mass is 9.91. The minimum Gasteiger partial charge on any atom is -0.480 e. The summed E-state index contributed by atoms with van der Waals surface area (Å²) >= 11 is 0. The predicted molar refractivity (Wildman–Crippen MR) is 80.3 cm³/mol. The fourth-order valence-corrected chi connectivity index (χ4v) is 3.82. The molecule has 114 valence electrons. The van der Waals surface area contributed by atoms with Crippen molar-refractivity contribution in [3.63, 3.8) is 0 Å². The molecule has 21 heavy (non-hydrogen) atoms. The van der Waals surface area contributed by atoms with Crippen LogP contribution in [0.15, 0.2) is 24.3 Å². The molecule has 0 bridgehead atoms. The molecule has 1 fully saturated rings. The molecule has 0 spiro atoms. The molecule has 2 aliphatic heterocycles. The van der Waals surface area contributed by atoms with Gasteiger partial charge in [-0.05, 0) is 43.4 Å². The zero-order chi connectivity index (χ0) is 14.9. The van der Waals surface area contributed by atoms with E-state index in [1.54, 1.807) is 0 Å². The topological polar surface area (TPSA) is 49.8 Å². The first-order chi connectivity index (χ1) is 10.2. The Morgan fingerprint density at radius 1 is 1.48 bits per heavy atom. The highest BCUT2D eigenvalue weighted by Gasteiger charge is 2.47. The number of carboxylic acid groups (broad SMARTS) is 1. The van der Waals surface area contributed by atoms with Crippen LogP contribution in [0.5, 0.6) is 0 Å². The maximum absolute atomic E-state index is 11.8. The molecule has 4 heteroatoms. The first-order valence-corrected chi connectivity index (χ1v) is 7.85. The van der Waals surface area contributed by atoms with Gasteiger partial charge in [0, 0.05) is 6.54 Å². The molecule has 0 radical (unpaired) electrons. The third kappa shape index (κ3) is 2.47. The highest BCUT2D eigenvalue weighted by molar-refractivity contribution is 5.79. The molecule has 2 aliphatic rings. The van der Waals surface area contributed by atoms with Gasteiger partial charge in [0.2, 0.25) is 0 Å². The molecule has 1 N–H and O–H groups in total. The number of fused-ring (bicyclic) bond motifs is 1. The Morgan fingerprint density at radius 2 is 2.29 bits per heavy atom. The van der Waals surface area contributed by atoms with Crippen molar-refractivity contribution >= 4 is 5.97 Å². The summed E-state index contributed by atoms with van der Waals surface area (Å²) < 4.78 is 5.95. The maximum atomic E-state index is 11.8. The number of rotatable bonds is 4. The van der Waals surface area contributed by atoms with E-state index in [1.165, 1.54) is 11.1 Å². The molecule has 0 aliphatic carbocycles. The van der Waals surface area contributed by atoms with Crippen LogP contribution in [0.2, 0.25) is 0 Å². The lowest BCUT2D eigenvalue weighted by Crippen LogP contribution is -2.51. The van der Waals surface area contributed by atoms with Crippen LogP contribution in [0.4, 0.5) is 0 Å². The number of carboxylic acids is 1. The first-order valence-electron chi connectivity index (χ1n) is 7.85. The monoisotopic (exact) mass is 289 g/mol. The van der Waals surface area contributed by atoms with Gasteiger partial charge < -0.3 is 9.84 Å². The Labute approximate surface area is 125 Å². The number of carbonyl (C=O) groups is 1. The van der Waals surface area contributed by atoms with Gasteiger partial charge >= 0.3 is 5.97 Å². The summed E-state index contributed by atoms with van der Waals surface area (Å²) in [4.78, 5) is 13.9. The quantitative estimate of drug-likeness (QED) is 0.925. The number of ether oxygens (including phenoxy) is 1. The van der Waals surface area contributed by atoms with Crippen molar-refractivity contribution in [1.29, 1.82) is 0 Å². The van der Waals surface area contributed by atoms with Crippen molar-refractivity contribution < 1.29 is 14.6 Å². The van der Waals surface area contributed by atoms with Gasteiger partial charge in [-0.1, -0.05) is 31.2 Å². The second-order valence-electron chi connectivity index (χ2n) is 6.05. The largest absolute Gasteiger partial charge is 0.480 e. The van der Waals surface area contributed by atoms with E-state index in [1.807, 2.05) is 13.0 Å². The van der Waals surface area contributed by atoms with Gasteiger partial charge in [-0.3, -0.25) is 9.69 Å². The predicted octanol–water partition coefficient (Wildman–Crippen LogP) is 2.63. The zero-order valence-corrected chi connectivity index (χ0v) is 12.5. The number of hydrogen-bond acceptors (Lipinski definition) is 3. The van der Waals surface area contributed by atoms with Crippen molar-refractivity contribution in [1.82, 2.24) is 4.90 Å². The number of hydrogen-bond donors (Lipinski definition) is 1. The van der Waals surface area contributed by atoms with Crippen molar-refractivity contribution in [2.45, 2.75) is 44.2 Å². The van der Waals surface area contributed by atoms with E-state index < -0.39 is 11.5 Å². The normalized spacial score (nSPS) is 29.3. The minimum atomic E-state index is -0.699. The molecule has 2 heterocycles. The lowest BCUT2D eigenvalue weighted by Gasteiger charge is -2.37. The summed E-state index contributed by atoms with van der Waals surface area (Å²) in [5.41, 5.74) is 1.87. The number of benzene rings is 1. The van der Waals surface area contributed by atoms with Crippen LogP contribution in [0.25, 0.3) is 0 Å². The second kappa shape index (κ2) is 5.78. The maximum Gasteiger partial charge on any atom is 0.324 e. The van der Waals surface area contributed by atoms with Crippen LogP contribution in [0, 0.1) is 0 Å². The van der Waals surface area contributed by atoms with E-state index in [-0.39, 0.29) is 6.10 Å². The van der Waals surface area contributed by atoms with Crippen LogP contribution in [-0.4, -0.2) is 41.2 Å². The van der Waals surface area contributed by atoms with Gasteiger partial charge in [-0.25, -0.2) is 0 Å². The highest BCUT2D eigenvalue weighted by Crippen LogP contribution is 2.36. The zero-order valence-electron chi connectivity index (χ0n) is 12.5. The third-order valence-electron chi connectivity index (χ3n) is 5.09. The molecule has 1 aromatic carbocycles.